The molecule has 1 rings (SSSR count). The number of rotatable bonds is 0. The summed E-state index contributed by atoms with van der Waals surface area (Å²) in [6, 6.07) is 0. The van der Waals surface area contributed by atoms with E-state index in [0.717, 1.165) is 0 Å². The molecule has 0 saturated heterocycles. The zero-order valence-electron chi connectivity index (χ0n) is 7.15. The van der Waals surface area contributed by atoms with E-state index in [-0.39, 0.29) is 10.8 Å². The molecule has 10 heavy (non-hydrogen) atoms. The lowest BCUT2D eigenvalue weighted by atomic mass is 9.96. The standard InChI is InChI=1S/C10H14/c1-9(2,3)5-6-10(4)7-8-10/h7-8H,1-4H3. The lowest BCUT2D eigenvalue weighted by molar-refractivity contribution is 0.568. The van der Waals surface area contributed by atoms with Crippen molar-refractivity contribution in [2.45, 2.75) is 27.7 Å². The first-order valence-electron chi connectivity index (χ1n) is 3.66. The van der Waals surface area contributed by atoms with Gasteiger partial charge in [-0.05, 0) is 27.7 Å². The van der Waals surface area contributed by atoms with Crippen molar-refractivity contribution in [3.05, 3.63) is 12.2 Å². The van der Waals surface area contributed by atoms with E-state index in [9.17, 15) is 0 Å². The first-order valence-corrected chi connectivity index (χ1v) is 3.66. The molecule has 0 nitrogen and oxygen atoms in total. The van der Waals surface area contributed by atoms with Crippen molar-refractivity contribution in [1.29, 1.82) is 0 Å². The predicted octanol–water partition coefficient (Wildman–Crippen LogP) is 2.61. The first kappa shape index (κ1) is 7.41. The Balaban J connectivity index is 2.55. The summed E-state index contributed by atoms with van der Waals surface area (Å²) < 4.78 is 0. The minimum absolute atomic E-state index is 0.146. The van der Waals surface area contributed by atoms with Crippen molar-refractivity contribution in [2.75, 3.05) is 0 Å². The van der Waals surface area contributed by atoms with Crippen molar-refractivity contribution < 1.29 is 0 Å². The third kappa shape index (κ3) is 2.27. The normalized spacial score (nSPS) is 19.6. The van der Waals surface area contributed by atoms with Crippen LogP contribution in [0.25, 0.3) is 0 Å². The third-order valence-electron chi connectivity index (χ3n) is 1.37. The van der Waals surface area contributed by atoms with Gasteiger partial charge in [-0.1, -0.05) is 24.0 Å². The van der Waals surface area contributed by atoms with Crippen LogP contribution in [0.15, 0.2) is 12.2 Å². The summed E-state index contributed by atoms with van der Waals surface area (Å²) in [6.45, 7) is 8.52. The highest BCUT2D eigenvalue weighted by Gasteiger charge is 2.24. The zero-order valence-corrected chi connectivity index (χ0v) is 7.15. The minimum atomic E-state index is 0.146. The molecule has 0 spiro atoms. The summed E-state index contributed by atoms with van der Waals surface area (Å²) in [6.07, 6.45) is 4.26. The summed E-state index contributed by atoms with van der Waals surface area (Å²) >= 11 is 0. The molecule has 0 saturated carbocycles. The van der Waals surface area contributed by atoms with E-state index in [2.05, 4.69) is 51.7 Å². The Labute approximate surface area is 63.3 Å². The molecule has 0 aromatic rings. The SMILES string of the molecule is CC(C)(C)C#CC1(C)C=C1. The van der Waals surface area contributed by atoms with Gasteiger partial charge in [-0.25, -0.2) is 0 Å². The lowest BCUT2D eigenvalue weighted by Crippen LogP contribution is -2.01. The molecule has 0 aromatic heterocycles. The Kier molecular flexibility index (Phi) is 1.40. The van der Waals surface area contributed by atoms with Crippen LogP contribution in [0.3, 0.4) is 0 Å². The monoisotopic (exact) mass is 134 g/mol. The van der Waals surface area contributed by atoms with Crippen LogP contribution in [0, 0.1) is 22.7 Å². The van der Waals surface area contributed by atoms with E-state index in [1.54, 1.807) is 0 Å². The van der Waals surface area contributed by atoms with Crippen LogP contribution in [-0.4, -0.2) is 0 Å². The molecular weight excluding hydrogens is 120 g/mol. The second kappa shape index (κ2) is 1.89. The summed E-state index contributed by atoms with van der Waals surface area (Å²) in [5.41, 5.74) is 0.292. The van der Waals surface area contributed by atoms with E-state index in [1.807, 2.05) is 0 Å². The molecule has 0 heterocycles. The second-order valence-corrected chi connectivity index (χ2v) is 4.12. The van der Waals surface area contributed by atoms with Crippen LogP contribution in [0.1, 0.15) is 27.7 Å². The average molecular weight is 134 g/mol. The highest BCUT2D eigenvalue weighted by Crippen LogP contribution is 2.32. The average Bonchev–Trinajstić information content (AvgIpc) is 2.43. The molecule has 0 amide bonds. The van der Waals surface area contributed by atoms with Crippen molar-refractivity contribution in [1.82, 2.24) is 0 Å². The quantitative estimate of drug-likeness (QED) is 0.353. The fraction of sp³-hybridized carbons (Fsp3) is 0.600. The maximum Gasteiger partial charge on any atom is 0.0647 e. The van der Waals surface area contributed by atoms with E-state index in [1.165, 1.54) is 0 Å². The molecule has 0 N–H and O–H groups in total. The van der Waals surface area contributed by atoms with Crippen molar-refractivity contribution in [3.8, 4) is 11.8 Å². The number of hydrogen-bond donors (Lipinski definition) is 0. The van der Waals surface area contributed by atoms with Crippen LogP contribution in [0.4, 0.5) is 0 Å². The number of allylic oxidation sites excluding steroid dienone is 2. The molecule has 54 valence electrons. The van der Waals surface area contributed by atoms with Gasteiger partial charge >= 0.3 is 0 Å². The maximum atomic E-state index is 3.21. The summed E-state index contributed by atoms with van der Waals surface area (Å²) in [4.78, 5) is 0. The van der Waals surface area contributed by atoms with E-state index >= 15 is 0 Å². The first-order chi connectivity index (χ1) is 4.41. The van der Waals surface area contributed by atoms with Gasteiger partial charge in [-0.2, -0.15) is 0 Å². The van der Waals surface area contributed by atoms with E-state index in [4.69, 9.17) is 0 Å². The van der Waals surface area contributed by atoms with Crippen LogP contribution < -0.4 is 0 Å². The van der Waals surface area contributed by atoms with Gasteiger partial charge in [0.2, 0.25) is 0 Å². The second-order valence-electron chi connectivity index (χ2n) is 4.12. The van der Waals surface area contributed by atoms with Gasteiger partial charge in [0.1, 0.15) is 0 Å². The van der Waals surface area contributed by atoms with Gasteiger partial charge in [0, 0.05) is 5.41 Å². The maximum absolute atomic E-state index is 3.21. The molecule has 0 fully saturated rings. The zero-order chi connectivity index (χ0) is 7.83. The Hall–Kier alpha value is -0.700. The van der Waals surface area contributed by atoms with Crippen LogP contribution in [0.5, 0.6) is 0 Å². The van der Waals surface area contributed by atoms with Gasteiger partial charge in [0.05, 0.1) is 5.41 Å². The third-order valence-corrected chi connectivity index (χ3v) is 1.37. The predicted molar refractivity (Wildman–Crippen MR) is 44.5 cm³/mol. The molecule has 1 aliphatic carbocycles. The summed E-state index contributed by atoms with van der Waals surface area (Å²) in [5.74, 6) is 6.42. The highest BCUT2D eigenvalue weighted by atomic mass is 14.3. The minimum Gasteiger partial charge on any atom is -0.0961 e. The Morgan fingerprint density at radius 1 is 1.20 bits per heavy atom. The molecule has 0 heteroatoms. The van der Waals surface area contributed by atoms with E-state index in [0.29, 0.717) is 0 Å². The summed E-state index contributed by atoms with van der Waals surface area (Å²) in [5, 5.41) is 0. The fourth-order valence-corrected chi connectivity index (χ4v) is 0.531. The molecule has 1 aliphatic rings. The van der Waals surface area contributed by atoms with Gasteiger partial charge < -0.3 is 0 Å². The molecule has 0 radical (unpaired) electrons. The Bertz CT molecular complexity index is 199. The van der Waals surface area contributed by atoms with Crippen LogP contribution in [0.2, 0.25) is 0 Å². The van der Waals surface area contributed by atoms with Crippen molar-refractivity contribution in [3.63, 3.8) is 0 Å². The molecule has 0 aromatic carbocycles. The summed E-state index contributed by atoms with van der Waals surface area (Å²) in [7, 11) is 0. The molecular formula is C10H14. The number of hydrogen-bond acceptors (Lipinski definition) is 0. The molecule has 0 unspecified atom stereocenters. The Morgan fingerprint density at radius 2 is 1.70 bits per heavy atom. The smallest absolute Gasteiger partial charge is 0.0647 e. The van der Waals surface area contributed by atoms with Crippen LogP contribution in [-0.2, 0) is 0 Å². The highest BCUT2D eigenvalue weighted by molar-refractivity contribution is 5.38. The Morgan fingerprint density at radius 3 is 2.00 bits per heavy atom. The molecule has 0 aliphatic heterocycles. The van der Waals surface area contributed by atoms with Crippen molar-refractivity contribution >= 4 is 0 Å². The topological polar surface area (TPSA) is 0 Å². The van der Waals surface area contributed by atoms with Gasteiger partial charge in [-0.15, -0.1) is 0 Å². The lowest BCUT2D eigenvalue weighted by Gasteiger charge is -2.08. The van der Waals surface area contributed by atoms with Crippen LogP contribution >= 0.6 is 0 Å². The molecule has 0 bridgehead atoms. The largest absolute Gasteiger partial charge is 0.0961 e. The van der Waals surface area contributed by atoms with Gasteiger partial charge in [0.25, 0.3) is 0 Å². The fourth-order valence-electron chi connectivity index (χ4n) is 0.531. The van der Waals surface area contributed by atoms with Crippen molar-refractivity contribution in [2.24, 2.45) is 10.8 Å². The van der Waals surface area contributed by atoms with E-state index < -0.39 is 0 Å². The van der Waals surface area contributed by atoms with Gasteiger partial charge in [0.15, 0.2) is 0 Å². The van der Waals surface area contributed by atoms with Gasteiger partial charge in [-0.3, -0.25) is 0 Å². The molecule has 0 atom stereocenters.